The number of rotatable bonds is 3. The van der Waals surface area contributed by atoms with Gasteiger partial charge in [0.1, 0.15) is 7.63 Å². The van der Waals surface area contributed by atoms with Gasteiger partial charge in [-0.3, -0.25) is 0 Å². The molecule has 8 heavy (non-hydrogen) atoms. The quantitative estimate of drug-likeness (QED) is 0.426. The van der Waals surface area contributed by atoms with E-state index in [1.165, 1.54) is 0 Å². The summed E-state index contributed by atoms with van der Waals surface area (Å²) in [6.45, 7) is 5.43. The number of carbonyl (C=O) groups is 1. The first-order valence-electron chi connectivity index (χ1n) is 4.61. The van der Waals surface area contributed by atoms with Crippen molar-refractivity contribution in [3.05, 3.63) is 0 Å². The molecule has 48 valence electrons. The molecule has 0 fully saturated rings. The average molecular weight is 134 g/mol. The number of hydrogen-bond donors (Lipinski definition) is 0. The standard InChI is InChI=1S/C6H14OSi/c1-8(2,3)6-4-5-7/h5H,4,6H2,1-3H3/i4D2,5D,6D. The van der Waals surface area contributed by atoms with Gasteiger partial charge in [-0.05, 0) is 0 Å². The van der Waals surface area contributed by atoms with Crippen molar-refractivity contribution in [3.8, 4) is 0 Å². The first-order valence-corrected chi connectivity index (χ1v) is 6.11. The Bertz CT molecular complexity index is 186. The van der Waals surface area contributed by atoms with Crippen molar-refractivity contribution in [1.82, 2.24) is 0 Å². The molecular formula is C6H14OSi. The zero-order valence-corrected chi connectivity index (χ0v) is 6.49. The molecule has 0 amide bonds. The van der Waals surface area contributed by atoms with Gasteiger partial charge < -0.3 is 4.79 Å². The van der Waals surface area contributed by atoms with Crippen molar-refractivity contribution in [2.75, 3.05) is 0 Å². The first-order chi connectivity index (χ1) is 5.10. The molecule has 0 bridgehead atoms. The summed E-state index contributed by atoms with van der Waals surface area (Å²) in [5.74, 6) is 0. The van der Waals surface area contributed by atoms with Gasteiger partial charge >= 0.3 is 0 Å². The van der Waals surface area contributed by atoms with E-state index in [1.807, 2.05) is 19.6 Å². The van der Waals surface area contributed by atoms with Crippen LogP contribution in [0.1, 0.15) is 11.9 Å². The predicted octanol–water partition coefficient (Wildman–Crippen LogP) is 1.91. The fraction of sp³-hybridized carbons (Fsp3) is 0.833. The minimum Gasteiger partial charge on any atom is -0.303 e. The molecule has 0 N–H and O–H groups in total. The Morgan fingerprint density at radius 1 is 1.75 bits per heavy atom. The van der Waals surface area contributed by atoms with E-state index in [0.717, 1.165) is 0 Å². The van der Waals surface area contributed by atoms with Crippen molar-refractivity contribution < 1.29 is 10.3 Å². The largest absolute Gasteiger partial charge is 0.303 e. The molecule has 0 heterocycles. The summed E-state index contributed by atoms with van der Waals surface area (Å²) < 4.78 is 28.6. The lowest BCUT2D eigenvalue weighted by Gasteiger charge is -2.11. The van der Waals surface area contributed by atoms with E-state index in [1.54, 1.807) is 0 Å². The minimum atomic E-state index is -2.30. The van der Waals surface area contributed by atoms with Gasteiger partial charge in [0.25, 0.3) is 0 Å². The van der Waals surface area contributed by atoms with Crippen LogP contribution in [0.25, 0.3) is 0 Å². The molecular weight excluding hydrogens is 116 g/mol. The van der Waals surface area contributed by atoms with Crippen LogP contribution in [0.2, 0.25) is 25.7 Å². The van der Waals surface area contributed by atoms with Crippen LogP contribution in [0.4, 0.5) is 0 Å². The topological polar surface area (TPSA) is 17.1 Å². The number of hydrogen-bond acceptors (Lipinski definition) is 1. The van der Waals surface area contributed by atoms with Crippen molar-refractivity contribution in [2.45, 2.75) is 32.0 Å². The molecule has 0 aliphatic rings. The highest BCUT2D eigenvalue weighted by molar-refractivity contribution is 6.76. The Labute approximate surface area is 57.7 Å². The van der Waals surface area contributed by atoms with Gasteiger partial charge in [0.15, 0.2) is 0 Å². The average Bonchev–Trinajstić information content (AvgIpc) is 1.83. The fourth-order valence-corrected chi connectivity index (χ4v) is 0.738. The van der Waals surface area contributed by atoms with Crippen LogP contribution in [-0.4, -0.2) is 14.3 Å². The molecule has 0 aliphatic carbocycles. The molecule has 0 spiro atoms. The first kappa shape index (κ1) is 3.16. The maximum atomic E-state index is 10.5. The fourth-order valence-electron chi connectivity index (χ4n) is 0.246. The summed E-state index contributed by atoms with van der Waals surface area (Å²) in [4.78, 5) is 10.5. The minimum absolute atomic E-state index is 1.06. The molecule has 0 aromatic carbocycles. The van der Waals surface area contributed by atoms with Gasteiger partial charge in [0.2, 0.25) is 0 Å². The normalized spacial score (nSPS) is 24.4. The third-order valence-electron chi connectivity index (χ3n) is 0.564. The zero-order valence-electron chi connectivity index (χ0n) is 9.49. The molecule has 0 aromatic heterocycles. The summed E-state index contributed by atoms with van der Waals surface area (Å²) in [5.41, 5.74) is 0. The molecule has 0 rings (SSSR count). The van der Waals surface area contributed by atoms with E-state index in [2.05, 4.69) is 0 Å². The predicted molar refractivity (Wildman–Crippen MR) is 38.8 cm³/mol. The molecule has 2 heteroatoms. The van der Waals surface area contributed by atoms with E-state index < -0.39 is 26.7 Å². The lowest BCUT2D eigenvalue weighted by molar-refractivity contribution is -0.107. The summed E-state index contributed by atoms with van der Waals surface area (Å²) in [6.07, 6.45) is -3.59. The number of aldehydes is 1. The molecule has 0 aliphatic heterocycles. The molecule has 1 unspecified atom stereocenters. The molecule has 0 saturated heterocycles. The second-order valence-electron chi connectivity index (χ2n) is 2.76. The molecule has 0 aromatic rings. The Hall–Kier alpha value is -0.113. The van der Waals surface area contributed by atoms with Gasteiger partial charge in [-0.15, -0.1) is 0 Å². The van der Waals surface area contributed by atoms with Crippen LogP contribution in [0.15, 0.2) is 0 Å². The third-order valence-corrected chi connectivity index (χ3v) is 1.57. The van der Waals surface area contributed by atoms with Crippen LogP contribution in [0, 0.1) is 0 Å². The number of carbonyl (C=O) groups excluding carboxylic acids is 1. The van der Waals surface area contributed by atoms with E-state index in [9.17, 15) is 4.79 Å². The SMILES string of the molecule is [2H]C(=O)C([2H])([2H])C([2H])[Si](C)(C)C. The van der Waals surface area contributed by atoms with Crippen LogP contribution in [-0.2, 0) is 4.79 Å². The maximum Gasteiger partial charge on any atom is 0.119 e. The monoisotopic (exact) mass is 134 g/mol. The second-order valence-corrected chi connectivity index (χ2v) is 7.78. The highest BCUT2D eigenvalue weighted by Gasteiger charge is 2.10. The molecule has 1 nitrogen and oxygen atoms in total. The van der Waals surface area contributed by atoms with Gasteiger partial charge in [-0.2, -0.15) is 0 Å². The smallest absolute Gasteiger partial charge is 0.119 e. The van der Waals surface area contributed by atoms with Crippen LogP contribution in [0.3, 0.4) is 0 Å². The molecule has 0 radical (unpaired) electrons. The highest BCUT2D eigenvalue weighted by atomic mass is 28.3. The summed E-state index contributed by atoms with van der Waals surface area (Å²) >= 11 is 0. The van der Waals surface area contributed by atoms with Crippen molar-refractivity contribution in [1.29, 1.82) is 0 Å². The maximum absolute atomic E-state index is 10.5. The lowest BCUT2D eigenvalue weighted by atomic mass is 10.6. The van der Waals surface area contributed by atoms with Crippen LogP contribution < -0.4 is 0 Å². The summed E-state index contributed by atoms with van der Waals surface area (Å²) in [5, 5.41) is 0. The van der Waals surface area contributed by atoms with E-state index in [4.69, 9.17) is 5.48 Å². The highest BCUT2D eigenvalue weighted by Crippen LogP contribution is 2.08. The van der Waals surface area contributed by atoms with Crippen molar-refractivity contribution in [2.24, 2.45) is 0 Å². The van der Waals surface area contributed by atoms with Crippen molar-refractivity contribution >= 4 is 14.3 Å². The van der Waals surface area contributed by atoms with Crippen LogP contribution in [0.5, 0.6) is 0 Å². The summed E-state index contributed by atoms with van der Waals surface area (Å²) in [7, 11) is -2.01. The lowest BCUT2D eigenvalue weighted by Crippen LogP contribution is -2.18. The van der Waals surface area contributed by atoms with Gasteiger partial charge in [-0.25, -0.2) is 0 Å². The zero-order chi connectivity index (χ0) is 10.2. The third kappa shape index (κ3) is 5.89. The second kappa shape index (κ2) is 3.02. The van der Waals surface area contributed by atoms with Crippen molar-refractivity contribution in [3.63, 3.8) is 0 Å². The van der Waals surface area contributed by atoms with E-state index in [-0.39, 0.29) is 0 Å². The Morgan fingerprint density at radius 3 is 2.38 bits per heavy atom. The Morgan fingerprint density at radius 2 is 2.25 bits per heavy atom. The van der Waals surface area contributed by atoms with E-state index >= 15 is 0 Å². The molecule has 0 saturated carbocycles. The van der Waals surface area contributed by atoms with E-state index in [0.29, 0.717) is 0 Å². The Kier molecular flexibility index (Phi) is 1.19. The van der Waals surface area contributed by atoms with Gasteiger partial charge in [-0.1, -0.05) is 25.7 Å². The van der Waals surface area contributed by atoms with Gasteiger partial charge in [0.05, 0.1) is 0 Å². The summed E-state index contributed by atoms with van der Waals surface area (Å²) in [6, 6.07) is -1.06. The van der Waals surface area contributed by atoms with Crippen LogP contribution >= 0.6 is 0 Å². The molecule has 1 atom stereocenters. The Balaban J connectivity index is 4.69. The van der Waals surface area contributed by atoms with Gasteiger partial charge in [0, 0.05) is 18.6 Å².